The lowest BCUT2D eigenvalue weighted by Gasteiger charge is -2.39. The van der Waals surface area contributed by atoms with Crippen molar-refractivity contribution in [2.24, 2.45) is 5.41 Å². The summed E-state index contributed by atoms with van der Waals surface area (Å²) in [4.78, 5) is 26.5. The molecule has 1 aliphatic heterocycles. The normalized spacial score (nSPS) is 19.1. The minimum absolute atomic E-state index is 0.0715. The smallest absolute Gasteiger partial charge is 0.336 e. The number of hydrogen-bond acceptors (Lipinski definition) is 5. The van der Waals surface area contributed by atoms with Crippen molar-refractivity contribution in [3.05, 3.63) is 85.7 Å². The lowest BCUT2D eigenvalue weighted by molar-refractivity contribution is -0.136. The Morgan fingerprint density at radius 1 is 1.06 bits per heavy atom. The summed E-state index contributed by atoms with van der Waals surface area (Å²) in [6, 6.07) is 9.74. The molecule has 1 heterocycles. The standard InChI is InChI=1S/C30H34ClNO4/c1-16-10-17(2)22(12-20(16)15-36-25-9-8-21(31)11-18(25)3)27-26(29(34)35-7)19(4)32-23-13-30(5,6)14-24(33)28(23)27/h8-12,27,32H,13-15H2,1-7H3/t27-/m1/s1. The van der Waals surface area contributed by atoms with Crippen LogP contribution < -0.4 is 10.1 Å². The van der Waals surface area contributed by atoms with E-state index in [0.717, 1.165) is 51.4 Å². The van der Waals surface area contributed by atoms with E-state index in [1.165, 1.54) is 7.11 Å². The number of hydrogen-bond donors (Lipinski definition) is 1. The number of allylic oxidation sites excluding steroid dienone is 3. The van der Waals surface area contributed by atoms with Crippen LogP contribution in [0.15, 0.2) is 52.9 Å². The molecule has 1 atom stereocenters. The number of carbonyl (C=O) groups is 2. The minimum atomic E-state index is -0.492. The third kappa shape index (κ3) is 4.94. The fourth-order valence-corrected chi connectivity index (χ4v) is 5.67. The zero-order chi connectivity index (χ0) is 26.4. The van der Waals surface area contributed by atoms with Crippen LogP contribution in [0, 0.1) is 26.2 Å². The van der Waals surface area contributed by atoms with Gasteiger partial charge < -0.3 is 14.8 Å². The first-order valence-corrected chi connectivity index (χ1v) is 12.6. The Morgan fingerprint density at radius 3 is 2.44 bits per heavy atom. The van der Waals surface area contributed by atoms with Gasteiger partial charge in [0.25, 0.3) is 0 Å². The van der Waals surface area contributed by atoms with Gasteiger partial charge in [-0.25, -0.2) is 4.79 Å². The Hall–Kier alpha value is -3.05. The second-order valence-electron chi connectivity index (χ2n) is 10.8. The predicted octanol–water partition coefficient (Wildman–Crippen LogP) is 6.62. The van der Waals surface area contributed by atoms with Gasteiger partial charge in [-0.15, -0.1) is 0 Å². The molecule has 0 saturated heterocycles. The molecule has 0 aromatic heterocycles. The number of halogens is 1. The zero-order valence-corrected chi connectivity index (χ0v) is 22.9. The van der Waals surface area contributed by atoms with Crippen LogP contribution in [0.2, 0.25) is 5.02 Å². The van der Waals surface area contributed by atoms with Crippen molar-refractivity contribution in [2.75, 3.05) is 7.11 Å². The number of rotatable bonds is 5. The van der Waals surface area contributed by atoms with E-state index >= 15 is 0 Å². The summed E-state index contributed by atoms with van der Waals surface area (Å²) in [6.45, 7) is 12.5. The molecule has 2 aliphatic rings. The van der Waals surface area contributed by atoms with E-state index in [0.29, 0.717) is 29.2 Å². The second-order valence-corrected chi connectivity index (χ2v) is 11.2. The van der Waals surface area contributed by atoms with Crippen molar-refractivity contribution >= 4 is 23.4 Å². The molecule has 4 rings (SSSR count). The first kappa shape index (κ1) is 26.0. The average molecular weight is 508 g/mol. The average Bonchev–Trinajstić information content (AvgIpc) is 2.77. The van der Waals surface area contributed by atoms with Crippen LogP contribution in [0.1, 0.15) is 67.3 Å². The number of esters is 1. The van der Waals surface area contributed by atoms with Crippen LogP contribution >= 0.6 is 11.6 Å². The van der Waals surface area contributed by atoms with E-state index in [9.17, 15) is 9.59 Å². The molecule has 1 N–H and O–H groups in total. The van der Waals surface area contributed by atoms with Crippen LogP contribution in [0.5, 0.6) is 5.75 Å². The number of Topliss-reactive ketones (excluding diaryl/α,β-unsaturated/α-hetero) is 1. The van der Waals surface area contributed by atoms with Gasteiger partial charge in [-0.2, -0.15) is 0 Å². The predicted molar refractivity (Wildman–Crippen MR) is 142 cm³/mol. The van der Waals surface area contributed by atoms with Crippen LogP contribution in [-0.4, -0.2) is 18.9 Å². The van der Waals surface area contributed by atoms with Crippen LogP contribution in [0.3, 0.4) is 0 Å². The first-order valence-electron chi connectivity index (χ1n) is 12.2. The third-order valence-electron chi connectivity index (χ3n) is 7.20. The minimum Gasteiger partial charge on any atom is -0.489 e. The third-order valence-corrected chi connectivity index (χ3v) is 7.44. The number of dihydropyridines is 1. The number of ether oxygens (including phenoxy) is 2. The Balaban J connectivity index is 1.81. The number of nitrogens with one attached hydrogen (secondary N) is 1. The van der Waals surface area contributed by atoms with E-state index in [4.69, 9.17) is 21.1 Å². The van der Waals surface area contributed by atoms with E-state index < -0.39 is 11.9 Å². The maximum absolute atomic E-state index is 13.5. The maximum Gasteiger partial charge on any atom is 0.336 e. The highest BCUT2D eigenvalue weighted by atomic mass is 35.5. The van der Waals surface area contributed by atoms with Gasteiger partial charge in [-0.05, 0) is 85.5 Å². The number of carbonyl (C=O) groups excluding carboxylic acids is 2. The molecular formula is C30H34ClNO4. The summed E-state index contributed by atoms with van der Waals surface area (Å²) in [5.74, 6) is -0.0802. The molecule has 6 heteroatoms. The van der Waals surface area contributed by atoms with E-state index in [-0.39, 0.29) is 11.2 Å². The van der Waals surface area contributed by atoms with E-state index in [1.54, 1.807) is 0 Å². The maximum atomic E-state index is 13.5. The van der Waals surface area contributed by atoms with Crippen LogP contribution in [-0.2, 0) is 20.9 Å². The number of ketones is 1. The lowest BCUT2D eigenvalue weighted by Crippen LogP contribution is -2.38. The molecule has 190 valence electrons. The highest BCUT2D eigenvalue weighted by Crippen LogP contribution is 2.47. The summed E-state index contributed by atoms with van der Waals surface area (Å²) < 4.78 is 11.3. The molecule has 5 nitrogen and oxygen atoms in total. The summed E-state index contributed by atoms with van der Waals surface area (Å²) in [7, 11) is 1.38. The van der Waals surface area contributed by atoms with Crippen molar-refractivity contribution in [3.63, 3.8) is 0 Å². The fraction of sp³-hybridized carbons (Fsp3) is 0.400. The van der Waals surface area contributed by atoms with Crippen LogP contribution in [0.4, 0.5) is 0 Å². The van der Waals surface area contributed by atoms with Gasteiger partial charge in [-0.3, -0.25) is 4.79 Å². The summed E-state index contributed by atoms with van der Waals surface area (Å²) in [5, 5.41) is 4.04. The monoisotopic (exact) mass is 507 g/mol. The van der Waals surface area contributed by atoms with Gasteiger partial charge >= 0.3 is 5.97 Å². The molecular weight excluding hydrogens is 474 g/mol. The van der Waals surface area contributed by atoms with E-state index in [2.05, 4.69) is 31.3 Å². The molecule has 2 aromatic rings. The SMILES string of the molecule is COC(=O)C1=C(C)NC2=C(C(=O)CC(C)(C)C2)[C@@H]1c1cc(COc2ccc(Cl)cc2C)c(C)cc1C. The van der Waals surface area contributed by atoms with Gasteiger partial charge in [0.15, 0.2) is 5.78 Å². The Labute approximate surface area is 218 Å². The quantitative estimate of drug-likeness (QED) is 0.460. The van der Waals surface area contributed by atoms with E-state index in [1.807, 2.05) is 45.9 Å². The second kappa shape index (κ2) is 9.78. The molecule has 0 amide bonds. The topological polar surface area (TPSA) is 64.6 Å². The van der Waals surface area contributed by atoms with Crippen molar-refractivity contribution < 1.29 is 19.1 Å². The van der Waals surface area contributed by atoms with Crippen molar-refractivity contribution in [1.82, 2.24) is 5.32 Å². The molecule has 0 bridgehead atoms. The van der Waals surface area contributed by atoms with Crippen molar-refractivity contribution in [1.29, 1.82) is 0 Å². The molecule has 36 heavy (non-hydrogen) atoms. The van der Waals surface area contributed by atoms with Gasteiger partial charge in [0, 0.05) is 34.3 Å². The van der Waals surface area contributed by atoms with Crippen molar-refractivity contribution in [3.8, 4) is 5.75 Å². The number of benzene rings is 2. The highest BCUT2D eigenvalue weighted by Gasteiger charge is 2.43. The van der Waals surface area contributed by atoms with Crippen LogP contribution in [0.25, 0.3) is 0 Å². The van der Waals surface area contributed by atoms with Crippen molar-refractivity contribution in [2.45, 2.75) is 66.9 Å². The van der Waals surface area contributed by atoms with Gasteiger partial charge in [-0.1, -0.05) is 37.6 Å². The molecule has 2 aromatic carbocycles. The zero-order valence-electron chi connectivity index (χ0n) is 22.1. The summed E-state index contributed by atoms with van der Waals surface area (Å²) in [6.07, 6.45) is 1.18. The molecule has 0 unspecified atom stereocenters. The molecule has 0 radical (unpaired) electrons. The molecule has 0 spiro atoms. The summed E-state index contributed by atoms with van der Waals surface area (Å²) in [5.41, 5.74) is 7.63. The Morgan fingerprint density at radius 2 is 1.78 bits per heavy atom. The van der Waals surface area contributed by atoms with Gasteiger partial charge in [0.05, 0.1) is 12.7 Å². The molecule has 1 aliphatic carbocycles. The largest absolute Gasteiger partial charge is 0.489 e. The van der Waals surface area contributed by atoms with Gasteiger partial charge in [0.2, 0.25) is 0 Å². The first-order chi connectivity index (χ1) is 16.9. The fourth-order valence-electron chi connectivity index (χ4n) is 5.44. The highest BCUT2D eigenvalue weighted by molar-refractivity contribution is 6.30. The lowest BCUT2D eigenvalue weighted by atomic mass is 9.68. The number of aryl methyl sites for hydroxylation is 3. The molecule has 0 saturated carbocycles. The molecule has 0 fully saturated rings. The Bertz CT molecular complexity index is 1320. The Kier molecular flexibility index (Phi) is 7.07. The number of methoxy groups -OCH3 is 1. The van der Waals surface area contributed by atoms with Gasteiger partial charge in [0.1, 0.15) is 12.4 Å². The summed E-state index contributed by atoms with van der Waals surface area (Å²) >= 11 is 6.10.